The van der Waals surface area contributed by atoms with Crippen LogP contribution in [0.3, 0.4) is 0 Å². The molecule has 0 spiro atoms. The molecule has 6 rings (SSSR count). The molecule has 0 N–H and O–H groups in total. The third-order valence-electron chi connectivity index (χ3n) is 6.16. The van der Waals surface area contributed by atoms with Crippen LogP contribution in [-0.4, -0.2) is 44.4 Å². The van der Waals surface area contributed by atoms with Gasteiger partial charge in [0.1, 0.15) is 23.3 Å². The van der Waals surface area contributed by atoms with Gasteiger partial charge in [0.2, 0.25) is 5.88 Å². The summed E-state index contributed by atoms with van der Waals surface area (Å²) >= 11 is 0. The zero-order valence-corrected chi connectivity index (χ0v) is 17.2. The van der Waals surface area contributed by atoms with Gasteiger partial charge >= 0.3 is 0 Å². The van der Waals surface area contributed by atoms with Crippen LogP contribution in [0.15, 0.2) is 55.0 Å². The summed E-state index contributed by atoms with van der Waals surface area (Å²) in [6, 6.07) is 10.0. The fraction of sp³-hybridized carbons (Fsp3) is 0.333. The first-order valence-corrected chi connectivity index (χ1v) is 10.6. The molecule has 31 heavy (non-hydrogen) atoms. The van der Waals surface area contributed by atoms with Gasteiger partial charge < -0.3 is 9.64 Å². The van der Waals surface area contributed by atoms with Gasteiger partial charge in [0.15, 0.2) is 0 Å². The second-order valence-electron chi connectivity index (χ2n) is 8.27. The lowest BCUT2D eigenvalue weighted by molar-refractivity contribution is -0.0315. The highest BCUT2D eigenvalue weighted by Crippen LogP contribution is 2.38. The number of pyridine rings is 3. The highest BCUT2D eigenvalue weighted by atomic mass is 19.1. The van der Waals surface area contributed by atoms with Crippen molar-refractivity contribution < 1.29 is 13.9 Å². The van der Waals surface area contributed by atoms with Gasteiger partial charge in [0.05, 0.1) is 6.04 Å². The van der Waals surface area contributed by atoms with E-state index in [0.29, 0.717) is 23.9 Å². The normalized spacial score (nSPS) is 22.4. The SMILES string of the molecule is Cc1ccc(OC2CC3CCC2N(C(=O)c2ncccc2-c2ncccc2F)C3)nc1. The zero-order valence-electron chi connectivity index (χ0n) is 17.2. The second kappa shape index (κ2) is 8.06. The second-order valence-corrected chi connectivity index (χ2v) is 8.27. The minimum atomic E-state index is -0.476. The standard InChI is InChI=1S/C24H23FN4O2/c1-15-6-9-21(28-13-15)31-20-12-16-7-8-19(20)29(14-16)24(30)23-17(4-2-10-27-23)22-18(25)5-3-11-26-22/h2-6,9-11,13,16,19-20H,7-8,12,14H2,1H3. The topological polar surface area (TPSA) is 68.2 Å². The Bertz CT molecular complexity index is 1100. The van der Waals surface area contributed by atoms with E-state index in [-0.39, 0.29) is 29.4 Å². The van der Waals surface area contributed by atoms with Gasteiger partial charge in [-0.15, -0.1) is 0 Å². The molecule has 1 amide bonds. The number of fused-ring (bicyclic) bond motifs is 3. The third-order valence-corrected chi connectivity index (χ3v) is 6.16. The van der Waals surface area contributed by atoms with Crippen molar-refractivity contribution in [1.82, 2.24) is 19.9 Å². The Hall–Kier alpha value is -3.35. The molecule has 0 aromatic carbocycles. The van der Waals surface area contributed by atoms with Crippen LogP contribution < -0.4 is 4.74 Å². The summed E-state index contributed by atoms with van der Waals surface area (Å²) in [6.07, 6.45) is 7.57. The van der Waals surface area contributed by atoms with Gasteiger partial charge in [-0.2, -0.15) is 0 Å². The van der Waals surface area contributed by atoms with Gasteiger partial charge in [-0.25, -0.2) is 9.37 Å². The molecule has 3 fully saturated rings. The molecule has 1 saturated carbocycles. The molecule has 1 aliphatic carbocycles. The number of aromatic nitrogens is 3. The summed E-state index contributed by atoms with van der Waals surface area (Å²) in [6.45, 7) is 2.64. The minimum Gasteiger partial charge on any atom is -0.472 e. The molecule has 2 saturated heterocycles. The molecule has 7 heteroatoms. The molecule has 3 aliphatic rings. The highest BCUT2D eigenvalue weighted by Gasteiger charge is 2.45. The van der Waals surface area contributed by atoms with Crippen LogP contribution in [0, 0.1) is 18.7 Å². The summed E-state index contributed by atoms with van der Waals surface area (Å²) < 4.78 is 20.6. The number of rotatable bonds is 4. The molecule has 6 nitrogen and oxygen atoms in total. The Kier molecular flexibility index (Phi) is 5.10. The highest BCUT2D eigenvalue weighted by molar-refractivity contribution is 5.98. The maximum Gasteiger partial charge on any atom is 0.273 e. The summed E-state index contributed by atoms with van der Waals surface area (Å²) in [5, 5.41) is 0. The predicted molar refractivity (Wildman–Crippen MR) is 113 cm³/mol. The Morgan fingerprint density at radius 1 is 1.10 bits per heavy atom. The van der Waals surface area contributed by atoms with Crippen LogP contribution in [0.4, 0.5) is 4.39 Å². The van der Waals surface area contributed by atoms with Crippen molar-refractivity contribution in [1.29, 1.82) is 0 Å². The first-order chi connectivity index (χ1) is 15.1. The lowest BCUT2D eigenvalue weighted by Gasteiger charge is -2.49. The predicted octanol–water partition coefficient (Wildman–Crippen LogP) is 4.06. The van der Waals surface area contributed by atoms with E-state index in [4.69, 9.17) is 4.74 Å². The summed E-state index contributed by atoms with van der Waals surface area (Å²) in [5.74, 6) is 0.254. The van der Waals surface area contributed by atoms with Crippen LogP contribution >= 0.6 is 0 Å². The van der Waals surface area contributed by atoms with Crippen molar-refractivity contribution in [2.24, 2.45) is 5.92 Å². The number of halogens is 1. The van der Waals surface area contributed by atoms with E-state index in [2.05, 4.69) is 15.0 Å². The van der Waals surface area contributed by atoms with E-state index < -0.39 is 5.82 Å². The molecule has 3 atom stereocenters. The molecular formula is C24H23FN4O2. The summed E-state index contributed by atoms with van der Waals surface area (Å²) in [4.78, 5) is 28.3. The Morgan fingerprint density at radius 3 is 2.71 bits per heavy atom. The molecule has 3 aromatic heterocycles. The van der Waals surface area contributed by atoms with Crippen molar-refractivity contribution in [2.75, 3.05) is 6.54 Å². The molecule has 158 valence electrons. The van der Waals surface area contributed by atoms with Gasteiger partial charge in [-0.05, 0) is 61.9 Å². The first-order valence-electron chi connectivity index (χ1n) is 10.6. The number of carbonyl (C=O) groups excluding carboxylic acids is 1. The largest absolute Gasteiger partial charge is 0.472 e. The monoisotopic (exact) mass is 418 g/mol. The number of ether oxygens (including phenoxy) is 1. The Labute approximate surface area is 180 Å². The number of amides is 1. The molecule has 2 bridgehead atoms. The van der Waals surface area contributed by atoms with Crippen molar-refractivity contribution >= 4 is 5.91 Å². The maximum atomic E-state index is 14.4. The van der Waals surface area contributed by atoms with E-state index >= 15 is 0 Å². The quantitative estimate of drug-likeness (QED) is 0.639. The maximum absolute atomic E-state index is 14.4. The molecule has 5 heterocycles. The molecule has 2 aliphatic heterocycles. The lowest BCUT2D eigenvalue weighted by atomic mass is 9.77. The van der Waals surface area contributed by atoms with Gasteiger partial charge in [-0.3, -0.25) is 14.8 Å². The average Bonchev–Trinajstić information content (AvgIpc) is 2.81. The first kappa shape index (κ1) is 19.6. The number of piperidine rings is 2. The number of aryl methyl sites for hydroxylation is 1. The Morgan fingerprint density at radius 2 is 1.94 bits per heavy atom. The van der Waals surface area contributed by atoms with E-state index in [1.54, 1.807) is 24.5 Å². The van der Waals surface area contributed by atoms with Gasteiger partial charge in [0, 0.05) is 36.8 Å². The van der Waals surface area contributed by atoms with Gasteiger partial charge in [-0.1, -0.05) is 6.07 Å². The summed E-state index contributed by atoms with van der Waals surface area (Å²) in [5.41, 5.74) is 1.83. The molecule has 0 radical (unpaired) electrons. The zero-order chi connectivity index (χ0) is 21.4. The number of hydrogen-bond donors (Lipinski definition) is 0. The van der Waals surface area contributed by atoms with E-state index in [1.165, 1.54) is 18.3 Å². The van der Waals surface area contributed by atoms with Crippen LogP contribution in [-0.2, 0) is 0 Å². The minimum absolute atomic E-state index is 0.0657. The van der Waals surface area contributed by atoms with Gasteiger partial charge in [0.25, 0.3) is 5.91 Å². The molecular weight excluding hydrogens is 395 g/mol. The van der Waals surface area contributed by atoms with Crippen molar-refractivity contribution in [2.45, 2.75) is 38.3 Å². The van der Waals surface area contributed by atoms with Crippen LogP contribution in [0.2, 0.25) is 0 Å². The smallest absolute Gasteiger partial charge is 0.273 e. The van der Waals surface area contributed by atoms with Crippen molar-refractivity contribution in [3.05, 3.63) is 72.1 Å². The third kappa shape index (κ3) is 3.76. The van der Waals surface area contributed by atoms with E-state index in [1.807, 2.05) is 24.0 Å². The van der Waals surface area contributed by atoms with Crippen LogP contribution in [0.5, 0.6) is 5.88 Å². The van der Waals surface area contributed by atoms with Crippen molar-refractivity contribution in [3.8, 4) is 17.1 Å². The van der Waals surface area contributed by atoms with E-state index in [0.717, 1.165) is 24.8 Å². The van der Waals surface area contributed by atoms with E-state index in [9.17, 15) is 9.18 Å². The number of hydrogen-bond acceptors (Lipinski definition) is 5. The average molecular weight is 418 g/mol. The number of nitrogens with zero attached hydrogens (tertiary/aromatic N) is 4. The van der Waals surface area contributed by atoms with Crippen LogP contribution in [0.1, 0.15) is 35.3 Å². The molecule has 3 aromatic rings. The fourth-order valence-electron chi connectivity index (χ4n) is 4.66. The fourth-order valence-corrected chi connectivity index (χ4v) is 4.66. The molecule has 3 unspecified atom stereocenters. The summed E-state index contributed by atoms with van der Waals surface area (Å²) in [7, 11) is 0. The number of carbonyl (C=O) groups is 1. The van der Waals surface area contributed by atoms with Crippen LogP contribution in [0.25, 0.3) is 11.3 Å². The lowest BCUT2D eigenvalue weighted by Crippen LogP contribution is -2.59. The van der Waals surface area contributed by atoms with Crippen molar-refractivity contribution in [3.63, 3.8) is 0 Å². The Balaban J connectivity index is 1.44.